The lowest BCUT2D eigenvalue weighted by atomic mass is 10.0. The normalized spacial score (nSPS) is 10.4. The first-order valence-corrected chi connectivity index (χ1v) is 6.63. The van der Waals surface area contributed by atoms with E-state index in [1.54, 1.807) is 0 Å². The smallest absolute Gasteiger partial charge is 0.309 e. The second-order valence-corrected chi connectivity index (χ2v) is 4.58. The number of carbonyl (C=O) groups is 1. The number of hydrogen-bond donors (Lipinski definition) is 0. The van der Waals surface area contributed by atoms with E-state index in [0.717, 1.165) is 22.3 Å². The highest BCUT2D eigenvalue weighted by Gasteiger charge is 2.05. The molecule has 2 rings (SSSR count). The Bertz CT molecular complexity index is 607. The monoisotopic (exact) mass is 286 g/mol. The number of hydrogen-bond acceptors (Lipinski definition) is 4. The van der Waals surface area contributed by atoms with Crippen molar-refractivity contribution in [2.75, 3.05) is 14.2 Å². The van der Waals surface area contributed by atoms with Crippen molar-refractivity contribution in [3.63, 3.8) is 0 Å². The van der Waals surface area contributed by atoms with E-state index in [2.05, 4.69) is 4.89 Å². The Hall–Kier alpha value is -2.17. The van der Waals surface area contributed by atoms with Gasteiger partial charge in [-0.05, 0) is 28.3 Å². The lowest BCUT2D eigenvalue weighted by Crippen LogP contribution is -2.04. The number of rotatable bonds is 6. The third-order valence-electron chi connectivity index (χ3n) is 3.11. The van der Waals surface area contributed by atoms with Gasteiger partial charge in [0.25, 0.3) is 0 Å². The molecule has 2 aromatic carbocycles. The van der Waals surface area contributed by atoms with Crippen LogP contribution in [0.4, 0.5) is 0 Å². The minimum absolute atomic E-state index is 0.241. The zero-order chi connectivity index (χ0) is 15.1. The second kappa shape index (κ2) is 7.57. The van der Waals surface area contributed by atoms with E-state index in [0.29, 0.717) is 6.61 Å². The van der Waals surface area contributed by atoms with Crippen molar-refractivity contribution in [3.8, 4) is 11.1 Å². The summed E-state index contributed by atoms with van der Waals surface area (Å²) in [6, 6.07) is 15.9. The van der Waals surface area contributed by atoms with Crippen molar-refractivity contribution in [2.45, 2.75) is 13.0 Å². The highest BCUT2D eigenvalue weighted by molar-refractivity contribution is 5.74. The molecule has 0 fully saturated rings. The van der Waals surface area contributed by atoms with E-state index in [-0.39, 0.29) is 12.4 Å². The predicted octanol–water partition coefficient (Wildman–Crippen LogP) is 3.15. The van der Waals surface area contributed by atoms with Crippen molar-refractivity contribution >= 4 is 5.97 Å². The topological polar surface area (TPSA) is 44.8 Å². The molecule has 0 radical (unpaired) electrons. The summed E-state index contributed by atoms with van der Waals surface area (Å²) in [5.41, 5.74) is 4.07. The Morgan fingerprint density at radius 1 is 0.952 bits per heavy atom. The summed E-state index contributed by atoms with van der Waals surface area (Å²) in [5, 5.41) is 0. The van der Waals surface area contributed by atoms with Gasteiger partial charge in [0, 0.05) is 0 Å². The molecule has 0 aliphatic rings. The summed E-state index contributed by atoms with van der Waals surface area (Å²) >= 11 is 0. The first kappa shape index (κ1) is 15.2. The highest BCUT2D eigenvalue weighted by atomic mass is 17.2. The first-order valence-electron chi connectivity index (χ1n) is 6.63. The number of esters is 1. The van der Waals surface area contributed by atoms with E-state index >= 15 is 0 Å². The zero-order valence-corrected chi connectivity index (χ0v) is 12.2. The van der Waals surface area contributed by atoms with E-state index in [1.807, 2.05) is 48.5 Å². The summed E-state index contributed by atoms with van der Waals surface area (Å²) in [4.78, 5) is 20.9. The van der Waals surface area contributed by atoms with Crippen molar-refractivity contribution in [1.82, 2.24) is 0 Å². The molecule has 0 spiro atoms. The third-order valence-corrected chi connectivity index (χ3v) is 3.11. The van der Waals surface area contributed by atoms with Gasteiger partial charge in [-0.25, -0.2) is 9.78 Å². The van der Waals surface area contributed by atoms with Crippen molar-refractivity contribution in [1.29, 1.82) is 0 Å². The van der Waals surface area contributed by atoms with Crippen LogP contribution in [0, 0.1) is 0 Å². The minimum Gasteiger partial charge on any atom is -0.469 e. The highest BCUT2D eigenvalue weighted by Crippen LogP contribution is 2.22. The van der Waals surface area contributed by atoms with E-state index in [9.17, 15) is 4.79 Å². The molecule has 0 heterocycles. The van der Waals surface area contributed by atoms with Gasteiger partial charge in [-0.3, -0.25) is 4.79 Å². The SMILES string of the molecule is COOCc1cccc(-c2cccc(CC(=O)OC)c2)c1. The molecule has 2 aromatic rings. The van der Waals surface area contributed by atoms with E-state index in [1.165, 1.54) is 14.2 Å². The Morgan fingerprint density at radius 2 is 1.57 bits per heavy atom. The number of carbonyl (C=O) groups excluding carboxylic acids is 1. The van der Waals surface area contributed by atoms with Crippen molar-refractivity contribution in [3.05, 3.63) is 59.7 Å². The van der Waals surface area contributed by atoms with Crippen LogP contribution in [0.15, 0.2) is 48.5 Å². The van der Waals surface area contributed by atoms with E-state index < -0.39 is 0 Å². The van der Waals surface area contributed by atoms with Gasteiger partial charge < -0.3 is 4.74 Å². The summed E-state index contributed by atoms with van der Waals surface area (Å²) in [7, 11) is 2.88. The summed E-state index contributed by atoms with van der Waals surface area (Å²) in [6.45, 7) is 0.395. The number of benzene rings is 2. The molecule has 0 bridgehead atoms. The van der Waals surface area contributed by atoms with Gasteiger partial charge in [0.15, 0.2) is 0 Å². The molecular formula is C17H18O4. The van der Waals surface area contributed by atoms with Gasteiger partial charge in [0.05, 0.1) is 20.6 Å². The van der Waals surface area contributed by atoms with Crippen LogP contribution in [0.1, 0.15) is 11.1 Å². The Morgan fingerprint density at radius 3 is 2.19 bits per heavy atom. The molecule has 0 saturated carbocycles. The third kappa shape index (κ3) is 4.41. The predicted molar refractivity (Wildman–Crippen MR) is 79.4 cm³/mol. The van der Waals surface area contributed by atoms with Crippen LogP contribution >= 0.6 is 0 Å². The van der Waals surface area contributed by atoms with Crippen LogP contribution in [0.2, 0.25) is 0 Å². The molecule has 4 nitrogen and oxygen atoms in total. The number of ether oxygens (including phenoxy) is 1. The second-order valence-electron chi connectivity index (χ2n) is 4.58. The van der Waals surface area contributed by atoms with Gasteiger partial charge >= 0.3 is 5.97 Å². The Labute approximate surface area is 124 Å². The molecule has 110 valence electrons. The van der Waals surface area contributed by atoms with Gasteiger partial charge in [-0.15, -0.1) is 0 Å². The maximum atomic E-state index is 11.3. The van der Waals surface area contributed by atoms with Gasteiger partial charge in [0.1, 0.15) is 6.61 Å². The van der Waals surface area contributed by atoms with Crippen LogP contribution < -0.4 is 0 Å². The van der Waals surface area contributed by atoms with Crippen LogP contribution in [-0.4, -0.2) is 20.2 Å². The molecule has 0 unspecified atom stereocenters. The first-order chi connectivity index (χ1) is 10.2. The van der Waals surface area contributed by atoms with Gasteiger partial charge in [0.2, 0.25) is 0 Å². The quantitative estimate of drug-likeness (QED) is 0.465. The minimum atomic E-state index is -0.241. The summed E-state index contributed by atoms with van der Waals surface area (Å²) in [6.07, 6.45) is 0.275. The van der Waals surface area contributed by atoms with Gasteiger partial charge in [-0.2, -0.15) is 0 Å². The van der Waals surface area contributed by atoms with Crippen LogP contribution in [0.3, 0.4) is 0 Å². The molecule has 0 aliphatic heterocycles. The molecule has 0 aromatic heterocycles. The molecule has 0 aliphatic carbocycles. The van der Waals surface area contributed by atoms with Crippen molar-refractivity contribution < 1.29 is 19.3 Å². The summed E-state index contributed by atoms with van der Waals surface area (Å²) in [5.74, 6) is -0.241. The fourth-order valence-electron chi connectivity index (χ4n) is 2.07. The average molecular weight is 286 g/mol. The van der Waals surface area contributed by atoms with Crippen LogP contribution in [-0.2, 0) is 32.3 Å². The molecule has 0 atom stereocenters. The fourth-order valence-corrected chi connectivity index (χ4v) is 2.07. The summed E-state index contributed by atoms with van der Waals surface area (Å²) < 4.78 is 4.69. The molecule has 0 saturated heterocycles. The van der Waals surface area contributed by atoms with E-state index in [4.69, 9.17) is 9.62 Å². The standard InChI is InChI=1S/C17H18O4/c1-19-17(18)11-13-5-3-7-15(9-13)16-8-4-6-14(10-16)12-21-20-2/h3-10H,11-12H2,1-2H3. The molecule has 21 heavy (non-hydrogen) atoms. The number of methoxy groups -OCH3 is 1. The van der Waals surface area contributed by atoms with Crippen molar-refractivity contribution in [2.24, 2.45) is 0 Å². The lowest BCUT2D eigenvalue weighted by Gasteiger charge is -2.07. The molecule has 0 amide bonds. The maximum absolute atomic E-state index is 11.3. The largest absolute Gasteiger partial charge is 0.469 e. The Kier molecular flexibility index (Phi) is 5.49. The van der Waals surface area contributed by atoms with Crippen LogP contribution in [0.25, 0.3) is 11.1 Å². The maximum Gasteiger partial charge on any atom is 0.309 e. The molecule has 4 heteroatoms. The Balaban J connectivity index is 2.21. The lowest BCUT2D eigenvalue weighted by molar-refractivity contribution is -0.282. The average Bonchev–Trinajstić information content (AvgIpc) is 2.53. The van der Waals surface area contributed by atoms with Crippen LogP contribution in [0.5, 0.6) is 0 Å². The molecular weight excluding hydrogens is 268 g/mol. The zero-order valence-electron chi connectivity index (χ0n) is 12.2. The molecule has 0 N–H and O–H groups in total. The fraction of sp³-hybridized carbons (Fsp3) is 0.235. The van der Waals surface area contributed by atoms with Gasteiger partial charge in [-0.1, -0.05) is 42.5 Å².